The van der Waals surface area contributed by atoms with Crippen molar-refractivity contribution in [2.75, 3.05) is 6.54 Å². The van der Waals surface area contributed by atoms with Gasteiger partial charge in [0.05, 0.1) is 17.1 Å². The van der Waals surface area contributed by atoms with Crippen molar-refractivity contribution in [3.63, 3.8) is 0 Å². The molecule has 0 fully saturated rings. The van der Waals surface area contributed by atoms with Gasteiger partial charge in [0, 0.05) is 19.0 Å². The van der Waals surface area contributed by atoms with E-state index in [0.717, 1.165) is 5.56 Å². The summed E-state index contributed by atoms with van der Waals surface area (Å²) in [5.74, 6) is -0.108. The van der Waals surface area contributed by atoms with E-state index >= 15 is 0 Å². The van der Waals surface area contributed by atoms with Gasteiger partial charge in [0.15, 0.2) is 0 Å². The molecule has 3 atom stereocenters. The average molecular weight is 394 g/mol. The van der Waals surface area contributed by atoms with Gasteiger partial charge in [-0.15, -0.1) is 0 Å². The van der Waals surface area contributed by atoms with Crippen molar-refractivity contribution in [3.05, 3.63) is 59.7 Å². The highest BCUT2D eigenvalue weighted by molar-refractivity contribution is 7.89. The maximum Gasteiger partial charge on any atom is 0.240 e. The molecule has 0 spiro atoms. The van der Waals surface area contributed by atoms with Crippen molar-refractivity contribution in [1.82, 2.24) is 4.72 Å². The lowest BCUT2D eigenvalue weighted by atomic mass is 9.97. The number of nitrogens with two attached hydrogens (primary N) is 1. The second-order valence-corrected chi connectivity index (χ2v) is 8.35. The minimum atomic E-state index is -3.91. The molecule has 0 aromatic heterocycles. The Balaban J connectivity index is 2.18. The average Bonchev–Trinajstić information content (AvgIpc) is 2.60. The Bertz CT molecular complexity index is 840. The van der Waals surface area contributed by atoms with E-state index in [4.69, 9.17) is 5.73 Å². The molecule has 6 N–H and O–H groups in total. The first-order valence-electron chi connectivity index (χ1n) is 8.66. The van der Waals surface area contributed by atoms with E-state index in [1.54, 1.807) is 0 Å². The molecule has 0 aliphatic heterocycles. The zero-order chi connectivity index (χ0) is 20.0. The van der Waals surface area contributed by atoms with Crippen LogP contribution in [0, 0.1) is 0 Å². The third-order valence-electron chi connectivity index (χ3n) is 4.14. The van der Waals surface area contributed by atoms with Crippen LogP contribution in [-0.4, -0.2) is 48.5 Å². The molecule has 0 amide bonds. The molecule has 0 bridgehead atoms. The Labute approximate surface area is 159 Å². The molecule has 2 aromatic rings. The van der Waals surface area contributed by atoms with E-state index in [1.165, 1.54) is 25.1 Å². The number of aliphatic hydroxyl groups is 2. The van der Waals surface area contributed by atoms with Crippen LogP contribution in [0.3, 0.4) is 0 Å². The van der Waals surface area contributed by atoms with Gasteiger partial charge in [-0.05, 0) is 42.7 Å². The summed E-state index contributed by atoms with van der Waals surface area (Å²) in [5.41, 5.74) is 7.30. The number of aliphatic hydroxyl groups excluding tert-OH is 2. The minimum absolute atomic E-state index is 0.0344. The van der Waals surface area contributed by atoms with Gasteiger partial charge in [-0.25, -0.2) is 13.1 Å². The summed E-state index contributed by atoms with van der Waals surface area (Å²) in [6.45, 7) is 1.32. The van der Waals surface area contributed by atoms with Gasteiger partial charge in [0.25, 0.3) is 0 Å². The lowest BCUT2D eigenvalue weighted by Gasteiger charge is -2.21. The molecule has 0 heterocycles. The van der Waals surface area contributed by atoms with Gasteiger partial charge in [-0.2, -0.15) is 0 Å². The Morgan fingerprint density at radius 3 is 2.37 bits per heavy atom. The molecule has 0 aliphatic rings. The van der Waals surface area contributed by atoms with E-state index < -0.39 is 28.3 Å². The van der Waals surface area contributed by atoms with E-state index in [9.17, 15) is 23.7 Å². The fourth-order valence-electron chi connectivity index (χ4n) is 2.69. The zero-order valence-electron chi connectivity index (χ0n) is 15.1. The third-order valence-corrected chi connectivity index (χ3v) is 5.66. The predicted molar refractivity (Wildman–Crippen MR) is 103 cm³/mol. The Morgan fingerprint density at radius 2 is 1.74 bits per heavy atom. The van der Waals surface area contributed by atoms with Crippen LogP contribution >= 0.6 is 0 Å². The van der Waals surface area contributed by atoms with Crippen molar-refractivity contribution >= 4 is 10.0 Å². The second kappa shape index (κ2) is 9.29. The van der Waals surface area contributed by atoms with Crippen molar-refractivity contribution in [1.29, 1.82) is 0 Å². The largest absolute Gasteiger partial charge is 0.508 e. The summed E-state index contributed by atoms with van der Waals surface area (Å²) in [6, 6.07) is 12.7. The van der Waals surface area contributed by atoms with E-state index in [0.29, 0.717) is 6.42 Å². The molecule has 0 radical (unpaired) electrons. The van der Waals surface area contributed by atoms with Gasteiger partial charge in [-0.3, -0.25) is 0 Å². The van der Waals surface area contributed by atoms with Crippen molar-refractivity contribution in [2.24, 2.45) is 5.73 Å². The quantitative estimate of drug-likeness (QED) is 0.421. The van der Waals surface area contributed by atoms with Crippen LogP contribution in [0.25, 0.3) is 0 Å². The number of rotatable bonds is 9. The first-order valence-corrected chi connectivity index (χ1v) is 10.1. The zero-order valence-corrected chi connectivity index (χ0v) is 15.9. The van der Waals surface area contributed by atoms with E-state index in [2.05, 4.69) is 4.72 Å². The number of aromatic hydroxyl groups is 1. The van der Waals surface area contributed by atoms with Crippen LogP contribution < -0.4 is 10.5 Å². The van der Waals surface area contributed by atoms with Crippen molar-refractivity contribution in [3.8, 4) is 5.75 Å². The molecule has 2 rings (SSSR count). The van der Waals surface area contributed by atoms with Crippen LogP contribution in [-0.2, 0) is 22.9 Å². The van der Waals surface area contributed by atoms with Gasteiger partial charge >= 0.3 is 0 Å². The summed E-state index contributed by atoms with van der Waals surface area (Å²) in [4.78, 5) is -0.0630. The van der Waals surface area contributed by atoms with Gasteiger partial charge in [0.1, 0.15) is 5.75 Å². The monoisotopic (exact) mass is 394 g/mol. The summed E-state index contributed by atoms with van der Waals surface area (Å²) < 4.78 is 27.3. The smallest absolute Gasteiger partial charge is 0.240 e. The Morgan fingerprint density at radius 1 is 1.07 bits per heavy atom. The number of benzene rings is 2. The fourth-order valence-corrected chi connectivity index (χ4v) is 4.05. The molecule has 8 heteroatoms. The van der Waals surface area contributed by atoms with Gasteiger partial charge in [0.2, 0.25) is 10.0 Å². The molecule has 2 aromatic carbocycles. The van der Waals surface area contributed by atoms with Crippen molar-refractivity contribution in [2.45, 2.75) is 42.9 Å². The van der Waals surface area contributed by atoms with Crippen LogP contribution in [0.2, 0.25) is 0 Å². The molecule has 0 saturated heterocycles. The highest BCUT2D eigenvalue weighted by Gasteiger charge is 2.23. The second-order valence-electron chi connectivity index (χ2n) is 6.62. The third kappa shape index (κ3) is 6.30. The summed E-state index contributed by atoms with van der Waals surface area (Å²) >= 11 is 0. The number of hydrogen-bond donors (Lipinski definition) is 5. The topological polar surface area (TPSA) is 133 Å². The number of hydrogen-bond acceptors (Lipinski definition) is 6. The maximum absolute atomic E-state index is 12.5. The van der Waals surface area contributed by atoms with E-state index in [-0.39, 0.29) is 29.2 Å². The molecular weight excluding hydrogens is 368 g/mol. The number of phenols is 1. The van der Waals surface area contributed by atoms with Crippen LogP contribution in [0.5, 0.6) is 5.75 Å². The minimum Gasteiger partial charge on any atom is -0.508 e. The first-order chi connectivity index (χ1) is 12.7. The first kappa shape index (κ1) is 21.3. The summed E-state index contributed by atoms with van der Waals surface area (Å²) in [7, 11) is -3.91. The molecule has 27 heavy (non-hydrogen) atoms. The summed E-state index contributed by atoms with van der Waals surface area (Å²) in [5, 5.41) is 29.5. The van der Waals surface area contributed by atoms with Crippen LogP contribution in [0.15, 0.2) is 53.4 Å². The molecular formula is C19H26N2O5S. The van der Waals surface area contributed by atoms with Gasteiger partial charge in [-0.1, -0.05) is 30.3 Å². The summed E-state index contributed by atoms with van der Waals surface area (Å²) in [6.07, 6.45) is -1.45. The Kier molecular flexibility index (Phi) is 7.34. The molecule has 0 saturated carbocycles. The number of nitrogens with one attached hydrogen (secondary N) is 1. The molecule has 148 valence electrons. The molecule has 7 nitrogen and oxygen atoms in total. The predicted octanol–water partition coefficient (Wildman–Crippen LogP) is 0.525. The highest BCUT2D eigenvalue weighted by Crippen LogP contribution is 2.23. The maximum atomic E-state index is 12.5. The number of phenolic OH excluding ortho intramolecular Hbond substituents is 1. The van der Waals surface area contributed by atoms with Crippen LogP contribution in [0.1, 0.15) is 18.1 Å². The normalized spacial score (nSPS) is 15.3. The fraction of sp³-hybridized carbons (Fsp3) is 0.368. The number of sulfonamides is 1. The lowest BCUT2D eigenvalue weighted by molar-refractivity contribution is 0.143. The SMILES string of the molecule is C[C@H](O)CNS(=O)(=O)c1ccc(O)cc1C[C@@H](O)[C@@H](N)Cc1ccccc1. The Hall–Kier alpha value is -1.97. The highest BCUT2D eigenvalue weighted by atomic mass is 32.2. The standard InChI is InChI=1S/C19H26N2O5S/c1-13(22)12-21-27(25,26)19-8-7-16(23)10-15(19)11-18(24)17(20)9-14-5-3-2-4-6-14/h2-8,10,13,17-18,21-24H,9,11-12,20H2,1H3/t13-,17-,18+/m0/s1. The van der Waals surface area contributed by atoms with Crippen LogP contribution in [0.4, 0.5) is 0 Å². The van der Waals surface area contributed by atoms with Crippen molar-refractivity contribution < 1.29 is 23.7 Å². The molecule has 0 aliphatic carbocycles. The van der Waals surface area contributed by atoms with E-state index in [1.807, 2.05) is 30.3 Å². The van der Waals surface area contributed by atoms with Gasteiger partial charge < -0.3 is 21.1 Å². The molecule has 0 unspecified atom stereocenters. The lowest BCUT2D eigenvalue weighted by Crippen LogP contribution is -2.38.